The Morgan fingerprint density at radius 1 is 1.42 bits per heavy atom. The number of piperidine rings is 1. The van der Waals surface area contributed by atoms with Crippen LogP contribution >= 0.6 is 0 Å². The van der Waals surface area contributed by atoms with Crippen LogP contribution in [0.15, 0.2) is 28.7 Å². The molecule has 1 unspecified atom stereocenters. The quantitative estimate of drug-likeness (QED) is 0.934. The number of oxazole rings is 1. The predicted octanol–water partition coefficient (Wildman–Crippen LogP) is 2.56. The van der Waals surface area contributed by atoms with Gasteiger partial charge in [-0.3, -0.25) is 4.79 Å². The number of aliphatic hydroxyl groups is 1. The van der Waals surface area contributed by atoms with Crippen molar-refractivity contribution < 1.29 is 18.7 Å². The number of halogens is 1. The van der Waals surface area contributed by atoms with Crippen molar-refractivity contribution in [2.45, 2.75) is 26.2 Å². The number of hydrogen-bond acceptors (Lipinski definition) is 4. The Morgan fingerprint density at radius 3 is 2.88 bits per heavy atom. The number of benzene rings is 1. The predicted molar refractivity (Wildman–Crippen MR) is 86.7 cm³/mol. The number of amides is 1. The van der Waals surface area contributed by atoms with Crippen molar-refractivity contribution in [3.05, 3.63) is 41.5 Å². The molecule has 0 aliphatic carbocycles. The van der Waals surface area contributed by atoms with E-state index in [0.29, 0.717) is 29.5 Å². The van der Waals surface area contributed by atoms with E-state index in [1.807, 2.05) is 0 Å². The average molecular weight is 332 g/mol. The van der Waals surface area contributed by atoms with E-state index in [9.17, 15) is 14.3 Å². The molecule has 128 valence electrons. The molecule has 0 bridgehead atoms. The summed E-state index contributed by atoms with van der Waals surface area (Å²) in [5, 5.41) is 9.28. The highest BCUT2D eigenvalue weighted by atomic mass is 19.1. The fourth-order valence-corrected chi connectivity index (χ4v) is 3.00. The van der Waals surface area contributed by atoms with Crippen LogP contribution in [0.25, 0.3) is 11.5 Å². The van der Waals surface area contributed by atoms with Gasteiger partial charge in [-0.2, -0.15) is 0 Å². The molecule has 1 aromatic carbocycles. The summed E-state index contributed by atoms with van der Waals surface area (Å²) in [5.74, 6) is 0.827. The summed E-state index contributed by atoms with van der Waals surface area (Å²) in [7, 11) is 0. The van der Waals surface area contributed by atoms with Crippen LogP contribution in [0, 0.1) is 18.7 Å². The van der Waals surface area contributed by atoms with Crippen molar-refractivity contribution in [2.24, 2.45) is 5.92 Å². The molecule has 1 aromatic heterocycles. The van der Waals surface area contributed by atoms with Crippen LogP contribution in [0.3, 0.4) is 0 Å². The van der Waals surface area contributed by atoms with Crippen LogP contribution in [0.1, 0.15) is 24.3 Å². The van der Waals surface area contributed by atoms with Crippen molar-refractivity contribution in [3.8, 4) is 11.5 Å². The number of likely N-dealkylation sites (tertiary alicyclic amines) is 1. The fourth-order valence-electron chi connectivity index (χ4n) is 3.00. The molecule has 24 heavy (non-hydrogen) atoms. The number of aromatic nitrogens is 1. The molecular formula is C18H21FN2O3. The molecule has 1 atom stereocenters. The molecule has 2 heterocycles. The molecule has 1 aliphatic heterocycles. The molecule has 5 nitrogen and oxygen atoms in total. The minimum Gasteiger partial charge on any atom is -0.441 e. The molecule has 0 spiro atoms. The topological polar surface area (TPSA) is 66.6 Å². The first-order valence-electron chi connectivity index (χ1n) is 8.17. The Balaban J connectivity index is 1.71. The number of hydrogen-bond donors (Lipinski definition) is 1. The second-order valence-electron chi connectivity index (χ2n) is 6.24. The first-order valence-corrected chi connectivity index (χ1v) is 8.17. The summed E-state index contributed by atoms with van der Waals surface area (Å²) < 4.78 is 18.6. The zero-order valence-corrected chi connectivity index (χ0v) is 13.7. The SMILES string of the molecule is Cc1oc(-c2ccc(F)cc2)nc1CC(=O)N1CCCC(CO)C1. The van der Waals surface area contributed by atoms with E-state index in [1.54, 1.807) is 24.0 Å². The highest BCUT2D eigenvalue weighted by molar-refractivity contribution is 5.78. The second kappa shape index (κ2) is 7.13. The van der Waals surface area contributed by atoms with Gasteiger partial charge < -0.3 is 14.4 Å². The van der Waals surface area contributed by atoms with Crippen molar-refractivity contribution in [3.63, 3.8) is 0 Å². The minimum atomic E-state index is -0.319. The van der Waals surface area contributed by atoms with E-state index in [2.05, 4.69) is 4.98 Å². The Hall–Kier alpha value is -2.21. The maximum Gasteiger partial charge on any atom is 0.228 e. The third kappa shape index (κ3) is 3.64. The Labute approximate surface area is 140 Å². The van der Waals surface area contributed by atoms with Gasteiger partial charge >= 0.3 is 0 Å². The number of aliphatic hydroxyl groups excluding tert-OH is 1. The summed E-state index contributed by atoms with van der Waals surface area (Å²) >= 11 is 0. The molecule has 2 aromatic rings. The average Bonchev–Trinajstić information content (AvgIpc) is 2.96. The molecule has 1 saturated heterocycles. The zero-order chi connectivity index (χ0) is 17.1. The molecular weight excluding hydrogens is 311 g/mol. The molecule has 6 heteroatoms. The number of carbonyl (C=O) groups is 1. The first-order chi connectivity index (χ1) is 11.6. The smallest absolute Gasteiger partial charge is 0.228 e. The van der Waals surface area contributed by atoms with Gasteiger partial charge in [-0.1, -0.05) is 0 Å². The Bertz CT molecular complexity index is 712. The van der Waals surface area contributed by atoms with E-state index in [1.165, 1.54) is 12.1 Å². The van der Waals surface area contributed by atoms with Gasteiger partial charge in [-0.05, 0) is 49.9 Å². The zero-order valence-electron chi connectivity index (χ0n) is 13.7. The second-order valence-corrected chi connectivity index (χ2v) is 6.24. The summed E-state index contributed by atoms with van der Waals surface area (Å²) in [4.78, 5) is 18.7. The summed E-state index contributed by atoms with van der Waals surface area (Å²) in [6.07, 6.45) is 2.04. The van der Waals surface area contributed by atoms with E-state index >= 15 is 0 Å². The van der Waals surface area contributed by atoms with Crippen LogP contribution in [0.2, 0.25) is 0 Å². The maximum atomic E-state index is 13.0. The van der Waals surface area contributed by atoms with Gasteiger partial charge in [0.15, 0.2) is 0 Å². The molecule has 1 aliphatic rings. The summed E-state index contributed by atoms with van der Waals surface area (Å²) in [6.45, 7) is 3.20. The molecule has 3 rings (SSSR count). The maximum absolute atomic E-state index is 13.0. The van der Waals surface area contributed by atoms with Crippen molar-refractivity contribution >= 4 is 5.91 Å². The lowest BCUT2D eigenvalue weighted by Crippen LogP contribution is -2.41. The molecule has 0 radical (unpaired) electrons. The number of rotatable bonds is 4. The van der Waals surface area contributed by atoms with Gasteiger partial charge in [-0.15, -0.1) is 0 Å². The van der Waals surface area contributed by atoms with Gasteiger partial charge in [0.2, 0.25) is 11.8 Å². The van der Waals surface area contributed by atoms with Crippen molar-refractivity contribution in [1.29, 1.82) is 0 Å². The summed E-state index contributed by atoms with van der Waals surface area (Å²) in [6, 6.07) is 5.90. The third-order valence-corrected chi connectivity index (χ3v) is 4.43. The van der Waals surface area contributed by atoms with E-state index < -0.39 is 0 Å². The molecule has 1 fully saturated rings. The summed E-state index contributed by atoms with van der Waals surface area (Å²) in [5.41, 5.74) is 1.28. The normalized spacial score (nSPS) is 18.0. The standard InChI is InChI=1S/C18H21FN2O3/c1-12-16(9-17(23)21-8-2-3-13(10-21)11-22)20-18(24-12)14-4-6-15(19)7-5-14/h4-7,13,22H,2-3,8-11H2,1H3. The van der Waals surface area contributed by atoms with E-state index in [0.717, 1.165) is 19.4 Å². The lowest BCUT2D eigenvalue weighted by Gasteiger charge is -2.31. The van der Waals surface area contributed by atoms with E-state index in [4.69, 9.17) is 4.42 Å². The van der Waals surface area contributed by atoms with Crippen LogP contribution in [-0.4, -0.2) is 40.6 Å². The monoisotopic (exact) mass is 332 g/mol. The van der Waals surface area contributed by atoms with E-state index in [-0.39, 0.29) is 30.7 Å². The Morgan fingerprint density at radius 2 is 2.17 bits per heavy atom. The van der Waals surface area contributed by atoms with Gasteiger partial charge in [0.05, 0.1) is 12.1 Å². The highest BCUT2D eigenvalue weighted by Crippen LogP contribution is 2.23. The molecule has 1 amide bonds. The molecule has 0 saturated carbocycles. The lowest BCUT2D eigenvalue weighted by atomic mass is 9.98. The van der Waals surface area contributed by atoms with Gasteiger partial charge in [-0.25, -0.2) is 9.37 Å². The van der Waals surface area contributed by atoms with Crippen molar-refractivity contribution in [1.82, 2.24) is 9.88 Å². The van der Waals surface area contributed by atoms with Crippen LogP contribution in [0.5, 0.6) is 0 Å². The highest BCUT2D eigenvalue weighted by Gasteiger charge is 2.24. The first kappa shape index (κ1) is 16.6. The van der Waals surface area contributed by atoms with Crippen LogP contribution in [0.4, 0.5) is 4.39 Å². The third-order valence-electron chi connectivity index (χ3n) is 4.43. The largest absolute Gasteiger partial charge is 0.441 e. The van der Waals surface area contributed by atoms with Gasteiger partial charge in [0, 0.05) is 25.3 Å². The number of aryl methyl sites for hydroxylation is 1. The van der Waals surface area contributed by atoms with Crippen LogP contribution < -0.4 is 0 Å². The fraction of sp³-hybridized carbons (Fsp3) is 0.444. The van der Waals surface area contributed by atoms with Crippen molar-refractivity contribution in [2.75, 3.05) is 19.7 Å². The number of carbonyl (C=O) groups excluding carboxylic acids is 1. The molecule has 1 N–H and O–H groups in total. The van der Waals surface area contributed by atoms with Gasteiger partial charge in [0.1, 0.15) is 11.6 Å². The number of nitrogens with zero attached hydrogens (tertiary/aromatic N) is 2. The van der Waals surface area contributed by atoms with Crippen LogP contribution in [-0.2, 0) is 11.2 Å². The lowest BCUT2D eigenvalue weighted by molar-refractivity contribution is -0.132. The van der Waals surface area contributed by atoms with Gasteiger partial charge in [0.25, 0.3) is 0 Å². The Kier molecular flexibility index (Phi) is 4.94. The minimum absolute atomic E-state index is 0.00444.